The first-order chi connectivity index (χ1) is 11.5. The van der Waals surface area contributed by atoms with E-state index < -0.39 is 17.7 Å². The fourth-order valence-corrected chi connectivity index (χ4v) is 2.49. The molecular formula is C17H14FN3O3. The Morgan fingerprint density at radius 3 is 2.75 bits per heavy atom. The van der Waals surface area contributed by atoms with Crippen molar-refractivity contribution in [1.29, 1.82) is 0 Å². The number of aromatic nitrogens is 3. The predicted octanol–water partition coefficient (Wildman–Crippen LogP) is 3.19. The first-order valence-corrected chi connectivity index (χ1v) is 7.25. The van der Waals surface area contributed by atoms with Gasteiger partial charge in [0.15, 0.2) is 0 Å². The SMILES string of the molecule is Cc1nnc(C(CC(=O)O)c2cc(F)cc(-c3cccnc3)c2)o1. The minimum Gasteiger partial charge on any atom is -0.481 e. The molecule has 2 heterocycles. The number of aliphatic carboxylic acids is 1. The second-order valence-electron chi connectivity index (χ2n) is 5.32. The van der Waals surface area contributed by atoms with E-state index >= 15 is 0 Å². The van der Waals surface area contributed by atoms with Gasteiger partial charge in [-0.05, 0) is 29.3 Å². The summed E-state index contributed by atoms with van der Waals surface area (Å²) in [5.74, 6) is -1.77. The number of carboxylic acids is 1. The van der Waals surface area contributed by atoms with E-state index in [1.165, 1.54) is 12.1 Å². The molecule has 1 N–H and O–H groups in total. The van der Waals surface area contributed by atoms with E-state index in [1.807, 2.05) is 0 Å². The van der Waals surface area contributed by atoms with Crippen LogP contribution >= 0.6 is 0 Å². The maximum atomic E-state index is 14.1. The standard InChI is InChI=1S/C17H14FN3O3/c1-10-20-21-17(24-10)15(8-16(22)23)13-5-12(6-14(18)7-13)11-3-2-4-19-9-11/h2-7,9,15H,8H2,1H3,(H,22,23). The van der Waals surface area contributed by atoms with Crippen LogP contribution in [0.3, 0.4) is 0 Å². The zero-order valence-electron chi connectivity index (χ0n) is 12.8. The number of carboxylic acid groups (broad SMARTS) is 1. The van der Waals surface area contributed by atoms with Crippen molar-refractivity contribution >= 4 is 5.97 Å². The zero-order chi connectivity index (χ0) is 17.1. The summed E-state index contributed by atoms with van der Waals surface area (Å²) in [6.07, 6.45) is 2.96. The molecule has 3 rings (SSSR count). The molecule has 0 aliphatic rings. The minimum atomic E-state index is -1.04. The topological polar surface area (TPSA) is 89.1 Å². The van der Waals surface area contributed by atoms with Gasteiger partial charge >= 0.3 is 5.97 Å². The van der Waals surface area contributed by atoms with Gasteiger partial charge in [-0.3, -0.25) is 9.78 Å². The normalized spacial score (nSPS) is 12.1. The highest BCUT2D eigenvalue weighted by Crippen LogP contribution is 2.31. The number of hydrogen-bond acceptors (Lipinski definition) is 5. The fraction of sp³-hybridized carbons (Fsp3) is 0.176. The third kappa shape index (κ3) is 3.45. The van der Waals surface area contributed by atoms with E-state index in [4.69, 9.17) is 4.42 Å². The van der Waals surface area contributed by atoms with Crippen molar-refractivity contribution in [3.8, 4) is 11.1 Å². The average molecular weight is 327 g/mol. The molecule has 3 aromatic rings. The van der Waals surface area contributed by atoms with Crippen molar-refractivity contribution in [2.75, 3.05) is 0 Å². The Morgan fingerprint density at radius 1 is 1.29 bits per heavy atom. The summed E-state index contributed by atoms with van der Waals surface area (Å²) in [5.41, 5.74) is 1.79. The van der Waals surface area contributed by atoms with Crippen LogP contribution in [-0.2, 0) is 4.79 Å². The first kappa shape index (κ1) is 15.8. The second kappa shape index (κ2) is 6.57. The maximum absolute atomic E-state index is 14.1. The van der Waals surface area contributed by atoms with Crippen molar-refractivity contribution in [2.24, 2.45) is 0 Å². The Labute approximate surface area is 137 Å². The number of pyridine rings is 1. The number of halogens is 1. The molecule has 0 aliphatic heterocycles. The first-order valence-electron chi connectivity index (χ1n) is 7.25. The lowest BCUT2D eigenvalue weighted by Gasteiger charge is -2.13. The van der Waals surface area contributed by atoms with Gasteiger partial charge in [0.1, 0.15) is 5.82 Å². The van der Waals surface area contributed by atoms with Gasteiger partial charge in [-0.25, -0.2) is 4.39 Å². The van der Waals surface area contributed by atoms with E-state index in [0.717, 1.165) is 5.56 Å². The predicted molar refractivity (Wildman–Crippen MR) is 82.8 cm³/mol. The lowest BCUT2D eigenvalue weighted by molar-refractivity contribution is -0.137. The van der Waals surface area contributed by atoms with E-state index in [0.29, 0.717) is 17.0 Å². The zero-order valence-corrected chi connectivity index (χ0v) is 12.8. The van der Waals surface area contributed by atoms with E-state index in [9.17, 15) is 14.3 Å². The van der Waals surface area contributed by atoms with Crippen LogP contribution in [0.15, 0.2) is 47.1 Å². The van der Waals surface area contributed by atoms with Crippen LogP contribution in [-0.4, -0.2) is 26.3 Å². The van der Waals surface area contributed by atoms with Gasteiger partial charge < -0.3 is 9.52 Å². The molecule has 1 atom stereocenters. The fourth-order valence-electron chi connectivity index (χ4n) is 2.49. The van der Waals surface area contributed by atoms with Gasteiger partial charge in [0.2, 0.25) is 11.8 Å². The molecule has 0 spiro atoms. The number of aryl methyl sites for hydroxylation is 1. The Kier molecular flexibility index (Phi) is 4.33. The van der Waals surface area contributed by atoms with Crippen LogP contribution in [0.4, 0.5) is 4.39 Å². The number of nitrogens with zero attached hydrogens (tertiary/aromatic N) is 3. The summed E-state index contributed by atoms with van der Waals surface area (Å²) in [5, 5.41) is 16.8. The lowest BCUT2D eigenvalue weighted by Crippen LogP contribution is -2.09. The van der Waals surface area contributed by atoms with Gasteiger partial charge in [0.25, 0.3) is 0 Å². The summed E-state index contributed by atoms with van der Waals surface area (Å²) in [7, 11) is 0. The summed E-state index contributed by atoms with van der Waals surface area (Å²) >= 11 is 0. The molecule has 0 aliphatic carbocycles. The Bertz CT molecular complexity index is 865. The molecule has 6 nitrogen and oxygen atoms in total. The molecule has 2 aromatic heterocycles. The quantitative estimate of drug-likeness (QED) is 0.774. The molecule has 122 valence electrons. The summed E-state index contributed by atoms with van der Waals surface area (Å²) < 4.78 is 19.5. The highest BCUT2D eigenvalue weighted by molar-refractivity contribution is 5.69. The van der Waals surface area contributed by atoms with Crippen LogP contribution in [0.5, 0.6) is 0 Å². The van der Waals surface area contributed by atoms with Crippen LogP contribution in [0.1, 0.15) is 29.7 Å². The molecule has 7 heteroatoms. The minimum absolute atomic E-state index is 0.151. The molecular weight excluding hydrogens is 313 g/mol. The van der Waals surface area contributed by atoms with Crippen molar-refractivity contribution in [1.82, 2.24) is 15.2 Å². The highest BCUT2D eigenvalue weighted by Gasteiger charge is 2.24. The van der Waals surface area contributed by atoms with Gasteiger partial charge in [-0.1, -0.05) is 12.1 Å². The molecule has 0 amide bonds. The van der Waals surface area contributed by atoms with Crippen LogP contribution < -0.4 is 0 Å². The monoisotopic (exact) mass is 327 g/mol. The molecule has 0 saturated heterocycles. The van der Waals surface area contributed by atoms with E-state index in [1.54, 1.807) is 37.5 Å². The third-order valence-electron chi connectivity index (χ3n) is 3.54. The van der Waals surface area contributed by atoms with Crippen molar-refractivity contribution in [3.05, 3.63) is 65.9 Å². The van der Waals surface area contributed by atoms with Crippen molar-refractivity contribution in [2.45, 2.75) is 19.3 Å². The van der Waals surface area contributed by atoms with E-state index in [2.05, 4.69) is 15.2 Å². The highest BCUT2D eigenvalue weighted by atomic mass is 19.1. The van der Waals surface area contributed by atoms with Crippen LogP contribution in [0.2, 0.25) is 0 Å². The summed E-state index contributed by atoms with van der Waals surface area (Å²) in [4.78, 5) is 15.2. The van der Waals surface area contributed by atoms with Gasteiger partial charge in [0.05, 0.1) is 12.3 Å². The molecule has 0 saturated carbocycles. The van der Waals surface area contributed by atoms with E-state index in [-0.39, 0.29) is 12.3 Å². The van der Waals surface area contributed by atoms with Crippen molar-refractivity contribution < 1.29 is 18.7 Å². The molecule has 1 unspecified atom stereocenters. The Balaban J connectivity index is 2.07. The average Bonchev–Trinajstić information content (AvgIpc) is 2.99. The number of benzene rings is 1. The van der Waals surface area contributed by atoms with Gasteiger partial charge in [-0.2, -0.15) is 0 Å². The number of carbonyl (C=O) groups is 1. The Morgan fingerprint density at radius 2 is 2.12 bits per heavy atom. The lowest BCUT2D eigenvalue weighted by atomic mass is 9.92. The maximum Gasteiger partial charge on any atom is 0.304 e. The molecule has 1 aromatic carbocycles. The number of hydrogen-bond donors (Lipinski definition) is 1. The molecule has 0 fully saturated rings. The van der Waals surface area contributed by atoms with Crippen LogP contribution in [0.25, 0.3) is 11.1 Å². The van der Waals surface area contributed by atoms with Crippen molar-refractivity contribution in [3.63, 3.8) is 0 Å². The largest absolute Gasteiger partial charge is 0.481 e. The Hall–Kier alpha value is -3.09. The smallest absolute Gasteiger partial charge is 0.304 e. The summed E-state index contributed by atoms with van der Waals surface area (Å²) in [6, 6.07) is 7.92. The van der Waals surface area contributed by atoms with Gasteiger partial charge in [-0.15, -0.1) is 10.2 Å². The number of rotatable bonds is 5. The van der Waals surface area contributed by atoms with Crippen LogP contribution in [0, 0.1) is 12.7 Å². The van der Waals surface area contributed by atoms with Gasteiger partial charge in [0, 0.05) is 24.9 Å². The second-order valence-corrected chi connectivity index (χ2v) is 5.32. The molecule has 0 bridgehead atoms. The molecule has 24 heavy (non-hydrogen) atoms. The summed E-state index contributed by atoms with van der Waals surface area (Å²) in [6.45, 7) is 1.61. The third-order valence-corrected chi connectivity index (χ3v) is 3.54. The molecule has 0 radical (unpaired) electrons.